The second kappa shape index (κ2) is 4.46. The van der Waals surface area contributed by atoms with Gasteiger partial charge in [-0.2, -0.15) is 0 Å². The van der Waals surface area contributed by atoms with Crippen LogP contribution in [0.25, 0.3) is 0 Å². The van der Waals surface area contributed by atoms with Gasteiger partial charge in [0.2, 0.25) is 0 Å². The van der Waals surface area contributed by atoms with E-state index in [-0.39, 0.29) is 5.97 Å². The first-order valence-corrected chi connectivity index (χ1v) is 4.61. The molecule has 1 aliphatic rings. The second-order valence-electron chi connectivity index (χ2n) is 2.99. The third-order valence-corrected chi connectivity index (χ3v) is 1.90. The van der Waals surface area contributed by atoms with Crippen LogP contribution in [0, 0.1) is 0 Å². The van der Waals surface area contributed by atoms with Gasteiger partial charge in [0.1, 0.15) is 0 Å². The third-order valence-electron chi connectivity index (χ3n) is 1.90. The number of carbonyl (C=O) groups is 1. The van der Waals surface area contributed by atoms with Crippen LogP contribution in [0.5, 0.6) is 0 Å². The van der Waals surface area contributed by atoms with Crippen molar-refractivity contribution in [1.29, 1.82) is 0 Å². The molecule has 0 bridgehead atoms. The highest BCUT2D eigenvalue weighted by molar-refractivity contribution is 5.89. The molecule has 0 saturated carbocycles. The highest BCUT2D eigenvalue weighted by atomic mass is 16.7. The maximum absolute atomic E-state index is 11.6. The van der Waals surface area contributed by atoms with E-state index >= 15 is 0 Å². The van der Waals surface area contributed by atoms with Gasteiger partial charge in [0, 0.05) is 0 Å². The molecule has 0 saturated heterocycles. The molecular formula is C12H10O3. The van der Waals surface area contributed by atoms with Crippen LogP contribution in [-0.2, 0) is 9.47 Å². The van der Waals surface area contributed by atoms with Crippen molar-refractivity contribution in [2.24, 2.45) is 0 Å². The van der Waals surface area contributed by atoms with Crippen molar-refractivity contribution in [2.75, 3.05) is 0 Å². The minimum absolute atomic E-state index is 0.388. The zero-order valence-corrected chi connectivity index (χ0v) is 8.00. The fourth-order valence-corrected chi connectivity index (χ4v) is 1.18. The zero-order chi connectivity index (χ0) is 10.5. The molecule has 0 aromatic heterocycles. The van der Waals surface area contributed by atoms with Crippen LogP contribution in [0.2, 0.25) is 0 Å². The highest BCUT2D eigenvalue weighted by Crippen LogP contribution is 2.08. The van der Waals surface area contributed by atoms with Crippen LogP contribution in [0.3, 0.4) is 0 Å². The SMILES string of the molecule is O=C(OC1C=CC=CO1)c1ccccc1. The van der Waals surface area contributed by atoms with E-state index in [0.717, 1.165) is 0 Å². The predicted molar refractivity (Wildman–Crippen MR) is 55.0 cm³/mol. The Labute approximate surface area is 87.6 Å². The molecule has 0 amide bonds. The van der Waals surface area contributed by atoms with E-state index in [1.54, 1.807) is 42.5 Å². The van der Waals surface area contributed by atoms with Gasteiger partial charge < -0.3 is 9.47 Å². The highest BCUT2D eigenvalue weighted by Gasteiger charge is 2.13. The van der Waals surface area contributed by atoms with Crippen LogP contribution in [-0.4, -0.2) is 12.3 Å². The summed E-state index contributed by atoms with van der Waals surface area (Å²) in [6, 6.07) is 8.81. The van der Waals surface area contributed by atoms with Crippen LogP contribution in [0.15, 0.2) is 54.8 Å². The molecule has 0 N–H and O–H groups in total. The smallest absolute Gasteiger partial charge is 0.341 e. The number of hydrogen-bond donors (Lipinski definition) is 0. The van der Waals surface area contributed by atoms with Crippen LogP contribution in [0.1, 0.15) is 10.4 Å². The number of benzene rings is 1. The molecule has 1 aliphatic heterocycles. The van der Waals surface area contributed by atoms with Gasteiger partial charge in [0.25, 0.3) is 6.29 Å². The Morgan fingerprint density at radius 2 is 2.00 bits per heavy atom. The third kappa shape index (κ3) is 2.47. The molecule has 0 fully saturated rings. The molecule has 1 aromatic rings. The molecule has 0 radical (unpaired) electrons. The van der Waals surface area contributed by atoms with Gasteiger partial charge in [-0.3, -0.25) is 0 Å². The summed E-state index contributed by atoms with van der Waals surface area (Å²) in [7, 11) is 0. The largest absolute Gasteiger partial charge is 0.459 e. The summed E-state index contributed by atoms with van der Waals surface area (Å²) in [5, 5.41) is 0. The molecule has 2 rings (SSSR count). The molecule has 1 aromatic carbocycles. The Morgan fingerprint density at radius 3 is 2.67 bits per heavy atom. The average Bonchev–Trinajstić information content (AvgIpc) is 2.31. The normalized spacial score (nSPS) is 18.3. The number of rotatable bonds is 2. The lowest BCUT2D eigenvalue weighted by atomic mass is 10.2. The fraction of sp³-hybridized carbons (Fsp3) is 0.0833. The Morgan fingerprint density at radius 1 is 1.20 bits per heavy atom. The van der Waals surface area contributed by atoms with Gasteiger partial charge in [0.05, 0.1) is 11.8 Å². The summed E-state index contributed by atoms with van der Waals surface area (Å²) in [5.41, 5.74) is 0.518. The van der Waals surface area contributed by atoms with Crippen LogP contribution in [0.4, 0.5) is 0 Å². The Balaban J connectivity index is 1.98. The Kier molecular flexibility index (Phi) is 2.83. The first-order chi connectivity index (χ1) is 7.36. The van der Waals surface area contributed by atoms with Crippen LogP contribution >= 0.6 is 0 Å². The van der Waals surface area contributed by atoms with Crippen molar-refractivity contribution in [1.82, 2.24) is 0 Å². The minimum atomic E-state index is -0.622. The molecule has 1 heterocycles. The Bertz CT molecular complexity index is 393. The minimum Gasteiger partial charge on any atom is -0.459 e. The summed E-state index contributed by atoms with van der Waals surface area (Å²) < 4.78 is 10.1. The van der Waals surface area contributed by atoms with E-state index in [9.17, 15) is 4.79 Å². The maximum atomic E-state index is 11.6. The van der Waals surface area contributed by atoms with Gasteiger partial charge in [-0.05, 0) is 24.3 Å². The van der Waals surface area contributed by atoms with Crippen molar-refractivity contribution in [3.63, 3.8) is 0 Å². The van der Waals surface area contributed by atoms with E-state index in [1.807, 2.05) is 6.07 Å². The number of carbonyl (C=O) groups excluding carboxylic acids is 1. The summed E-state index contributed by atoms with van der Waals surface area (Å²) in [6.07, 6.45) is 6.03. The van der Waals surface area contributed by atoms with E-state index in [0.29, 0.717) is 5.56 Å². The summed E-state index contributed by atoms with van der Waals surface area (Å²) in [5.74, 6) is -0.388. The lowest BCUT2D eigenvalue weighted by Gasteiger charge is -2.15. The quantitative estimate of drug-likeness (QED) is 0.690. The van der Waals surface area contributed by atoms with Gasteiger partial charge >= 0.3 is 5.97 Å². The molecule has 0 aliphatic carbocycles. The zero-order valence-electron chi connectivity index (χ0n) is 8.00. The van der Waals surface area contributed by atoms with Crippen molar-refractivity contribution in [3.8, 4) is 0 Å². The van der Waals surface area contributed by atoms with Gasteiger partial charge in [-0.25, -0.2) is 4.79 Å². The molecule has 1 atom stereocenters. The number of hydrogen-bond acceptors (Lipinski definition) is 3. The maximum Gasteiger partial charge on any atom is 0.341 e. The van der Waals surface area contributed by atoms with Gasteiger partial charge in [0.15, 0.2) is 0 Å². The number of esters is 1. The van der Waals surface area contributed by atoms with Crippen molar-refractivity contribution < 1.29 is 14.3 Å². The van der Waals surface area contributed by atoms with Crippen molar-refractivity contribution in [3.05, 3.63) is 60.4 Å². The fourth-order valence-electron chi connectivity index (χ4n) is 1.18. The monoisotopic (exact) mass is 202 g/mol. The lowest BCUT2D eigenvalue weighted by molar-refractivity contribution is -0.0444. The molecule has 76 valence electrons. The van der Waals surface area contributed by atoms with E-state index in [2.05, 4.69) is 0 Å². The molecule has 15 heavy (non-hydrogen) atoms. The number of allylic oxidation sites excluding steroid dienone is 2. The average molecular weight is 202 g/mol. The summed E-state index contributed by atoms with van der Waals surface area (Å²) in [4.78, 5) is 11.6. The second-order valence-corrected chi connectivity index (χ2v) is 2.99. The van der Waals surface area contributed by atoms with Crippen molar-refractivity contribution >= 4 is 5.97 Å². The van der Waals surface area contributed by atoms with Crippen LogP contribution < -0.4 is 0 Å². The molecule has 0 spiro atoms. The summed E-state index contributed by atoms with van der Waals surface area (Å²) in [6.45, 7) is 0. The Hall–Kier alpha value is -2.03. The van der Waals surface area contributed by atoms with E-state index in [4.69, 9.17) is 9.47 Å². The predicted octanol–water partition coefficient (Wildman–Crippen LogP) is 2.27. The standard InChI is InChI=1S/C12H10O3/c13-12(10-6-2-1-3-7-10)15-11-8-4-5-9-14-11/h1-9,11H. The number of ether oxygens (including phenoxy) is 2. The van der Waals surface area contributed by atoms with Gasteiger partial charge in [-0.1, -0.05) is 24.3 Å². The van der Waals surface area contributed by atoms with Crippen molar-refractivity contribution in [2.45, 2.75) is 6.29 Å². The molecule has 1 unspecified atom stereocenters. The first kappa shape index (κ1) is 9.52. The molecule has 3 heteroatoms. The lowest BCUT2D eigenvalue weighted by Crippen LogP contribution is -2.18. The molecule has 3 nitrogen and oxygen atoms in total. The van der Waals surface area contributed by atoms with Gasteiger partial charge in [-0.15, -0.1) is 0 Å². The molecular weight excluding hydrogens is 192 g/mol. The van der Waals surface area contributed by atoms with E-state index in [1.165, 1.54) is 6.26 Å². The topological polar surface area (TPSA) is 35.5 Å². The summed E-state index contributed by atoms with van der Waals surface area (Å²) >= 11 is 0. The first-order valence-electron chi connectivity index (χ1n) is 4.61. The van der Waals surface area contributed by atoms with E-state index < -0.39 is 6.29 Å².